The smallest absolute Gasteiger partial charge is 0.123 e. The Balaban J connectivity index is 2.81. The summed E-state index contributed by atoms with van der Waals surface area (Å²) in [6.07, 6.45) is 8.82. The van der Waals surface area contributed by atoms with Crippen molar-refractivity contribution in [1.29, 1.82) is 0 Å². The molecule has 0 saturated carbocycles. The van der Waals surface area contributed by atoms with Gasteiger partial charge in [-0.15, -0.1) is 0 Å². The molecule has 0 fully saturated rings. The maximum absolute atomic E-state index is 5.24. The normalized spacial score (nSPS) is 10.9. The van der Waals surface area contributed by atoms with E-state index in [-0.39, 0.29) is 0 Å². The summed E-state index contributed by atoms with van der Waals surface area (Å²) in [5.74, 6) is 1.54. The summed E-state index contributed by atoms with van der Waals surface area (Å²) >= 11 is 0. The van der Waals surface area contributed by atoms with Crippen LogP contribution in [-0.2, 0) is 0 Å². The number of rotatable bonds is 7. The Morgan fingerprint density at radius 3 is 2.10 bits per heavy atom. The lowest BCUT2D eigenvalue weighted by atomic mass is 10.1. The van der Waals surface area contributed by atoms with Crippen molar-refractivity contribution in [2.24, 2.45) is 0 Å². The third-order valence-corrected chi connectivity index (χ3v) is 2.85. The van der Waals surface area contributed by atoms with Gasteiger partial charge in [-0.25, -0.2) is 0 Å². The van der Waals surface area contributed by atoms with Gasteiger partial charge in [0.15, 0.2) is 0 Å². The molecule has 1 aromatic carbocycles. The van der Waals surface area contributed by atoms with E-state index in [1.807, 2.05) is 42.5 Å². The molecule has 1 rings (SSSR count). The van der Waals surface area contributed by atoms with Crippen LogP contribution in [0.5, 0.6) is 11.5 Å². The van der Waals surface area contributed by atoms with E-state index in [4.69, 9.17) is 9.47 Å². The number of allylic oxidation sites excluding steroid dienone is 5. The Morgan fingerprint density at radius 1 is 1.00 bits per heavy atom. The van der Waals surface area contributed by atoms with Gasteiger partial charge in [0.2, 0.25) is 0 Å². The summed E-state index contributed by atoms with van der Waals surface area (Å²) in [4.78, 5) is 0. The fourth-order valence-corrected chi connectivity index (χ4v) is 1.53. The molecule has 0 aliphatic carbocycles. The van der Waals surface area contributed by atoms with Crippen molar-refractivity contribution in [2.45, 2.75) is 13.3 Å². The minimum absolute atomic E-state index is 0.768. The van der Waals surface area contributed by atoms with E-state index in [9.17, 15) is 0 Å². The van der Waals surface area contributed by atoms with Crippen LogP contribution in [0.15, 0.2) is 60.7 Å². The summed E-state index contributed by atoms with van der Waals surface area (Å²) in [6, 6.07) is 5.74. The molecule has 0 amide bonds. The van der Waals surface area contributed by atoms with Crippen LogP contribution in [0.3, 0.4) is 0 Å². The van der Waals surface area contributed by atoms with Crippen molar-refractivity contribution >= 4 is 6.08 Å². The summed E-state index contributed by atoms with van der Waals surface area (Å²) in [7, 11) is 3.28. The topological polar surface area (TPSA) is 18.5 Å². The monoisotopic (exact) mass is 270 g/mol. The van der Waals surface area contributed by atoms with Gasteiger partial charge < -0.3 is 9.47 Å². The van der Waals surface area contributed by atoms with Gasteiger partial charge in [0.1, 0.15) is 11.5 Å². The molecule has 0 bridgehead atoms. The molecule has 0 saturated heterocycles. The van der Waals surface area contributed by atoms with Crippen LogP contribution in [0, 0.1) is 0 Å². The number of ether oxygens (including phenoxy) is 2. The van der Waals surface area contributed by atoms with Crippen molar-refractivity contribution in [2.75, 3.05) is 14.2 Å². The quantitative estimate of drug-likeness (QED) is 0.663. The van der Waals surface area contributed by atoms with E-state index < -0.39 is 0 Å². The molecule has 106 valence electrons. The van der Waals surface area contributed by atoms with Crippen molar-refractivity contribution in [3.8, 4) is 11.5 Å². The van der Waals surface area contributed by atoms with E-state index in [0.29, 0.717) is 0 Å². The maximum atomic E-state index is 5.24. The Kier molecular flexibility index (Phi) is 6.38. The maximum Gasteiger partial charge on any atom is 0.123 e. The molecule has 0 atom stereocenters. The van der Waals surface area contributed by atoms with Gasteiger partial charge in [-0.05, 0) is 29.7 Å². The second-order valence-corrected chi connectivity index (χ2v) is 4.40. The summed E-state index contributed by atoms with van der Waals surface area (Å²) < 4.78 is 10.5. The molecule has 0 unspecified atom stereocenters. The van der Waals surface area contributed by atoms with Crippen molar-refractivity contribution in [3.05, 3.63) is 66.3 Å². The fraction of sp³-hybridized carbons (Fsp3) is 0.222. The lowest BCUT2D eigenvalue weighted by Gasteiger charge is -2.05. The Morgan fingerprint density at radius 2 is 1.60 bits per heavy atom. The van der Waals surface area contributed by atoms with Crippen LogP contribution < -0.4 is 9.47 Å². The molecular weight excluding hydrogens is 248 g/mol. The molecule has 0 heterocycles. The minimum Gasteiger partial charge on any atom is -0.497 e. The van der Waals surface area contributed by atoms with E-state index in [0.717, 1.165) is 34.6 Å². The first-order valence-corrected chi connectivity index (χ1v) is 6.55. The molecular formula is C18H22O2. The van der Waals surface area contributed by atoms with Gasteiger partial charge in [-0.1, -0.05) is 50.0 Å². The highest BCUT2D eigenvalue weighted by atomic mass is 16.5. The number of hydrogen-bond acceptors (Lipinski definition) is 2. The number of benzene rings is 1. The molecule has 0 aliphatic rings. The molecule has 0 N–H and O–H groups in total. The first kappa shape index (κ1) is 15.8. The predicted octanol–water partition coefficient (Wildman–Crippen LogP) is 4.80. The van der Waals surface area contributed by atoms with E-state index in [1.54, 1.807) is 14.2 Å². The molecule has 0 aliphatic heterocycles. The zero-order valence-electron chi connectivity index (χ0n) is 12.5. The van der Waals surface area contributed by atoms with Crippen LogP contribution in [-0.4, -0.2) is 14.2 Å². The molecule has 0 aromatic heterocycles. The molecule has 2 nitrogen and oxygen atoms in total. The van der Waals surface area contributed by atoms with Gasteiger partial charge in [-0.3, -0.25) is 0 Å². The number of methoxy groups -OCH3 is 2. The van der Waals surface area contributed by atoms with Gasteiger partial charge in [0, 0.05) is 6.07 Å². The van der Waals surface area contributed by atoms with E-state index >= 15 is 0 Å². The zero-order chi connectivity index (χ0) is 15.0. The predicted molar refractivity (Wildman–Crippen MR) is 86.3 cm³/mol. The standard InChI is InChI=1S/C18H22O2/c1-6-14(2)7-8-15(3)9-10-16-11-17(19-4)13-18(12-16)20-5/h7-13H,2-3,6H2,1,4-5H3/b8-7-,10-9+. The van der Waals surface area contributed by atoms with Crippen LogP contribution in [0.4, 0.5) is 0 Å². The second-order valence-electron chi connectivity index (χ2n) is 4.40. The molecule has 0 spiro atoms. The molecule has 1 aromatic rings. The largest absolute Gasteiger partial charge is 0.497 e. The third-order valence-electron chi connectivity index (χ3n) is 2.85. The van der Waals surface area contributed by atoms with Crippen molar-refractivity contribution < 1.29 is 9.47 Å². The molecule has 20 heavy (non-hydrogen) atoms. The highest BCUT2D eigenvalue weighted by molar-refractivity contribution is 5.58. The van der Waals surface area contributed by atoms with Crippen LogP contribution in [0.2, 0.25) is 0 Å². The first-order chi connectivity index (χ1) is 9.58. The van der Waals surface area contributed by atoms with Crippen LogP contribution >= 0.6 is 0 Å². The minimum atomic E-state index is 0.768. The van der Waals surface area contributed by atoms with Crippen molar-refractivity contribution in [3.63, 3.8) is 0 Å². The molecule has 2 heteroatoms. The van der Waals surface area contributed by atoms with Crippen molar-refractivity contribution in [1.82, 2.24) is 0 Å². The first-order valence-electron chi connectivity index (χ1n) is 6.55. The lowest BCUT2D eigenvalue weighted by Crippen LogP contribution is -1.88. The van der Waals surface area contributed by atoms with Gasteiger partial charge in [-0.2, -0.15) is 0 Å². The Labute approximate surface area is 121 Å². The third kappa shape index (κ3) is 5.19. The second kappa shape index (κ2) is 8.05. The average Bonchev–Trinajstić information content (AvgIpc) is 2.49. The van der Waals surface area contributed by atoms with Crippen LogP contribution in [0.25, 0.3) is 6.08 Å². The molecule has 0 radical (unpaired) electrons. The Hall–Kier alpha value is -2.22. The van der Waals surface area contributed by atoms with Gasteiger partial charge in [0.25, 0.3) is 0 Å². The highest BCUT2D eigenvalue weighted by Crippen LogP contribution is 2.23. The highest BCUT2D eigenvalue weighted by Gasteiger charge is 1.99. The SMILES string of the molecule is C=C(/C=C\C(=C)CC)/C=C/c1cc(OC)cc(OC)c1. The van der Waals surface area contributed by atoms with E-state index in [1.165, 1.54) is 0 Å². The fourth-order valence-electron chi connectivity index (χ4n) is 1.53. The summed E-state index contributed by atoms with van der Waals surface area (Å²) in [5.41, 5.74) is 3.01. The van der Waals surface area contributed by atoms with E-state index in [2.05, 4.69) is 20.1 Å². The lowest BCUT2D eigenvalue weighted by molar-refractivity contribution is 0.394. The van der Waals surface area contributed by atoms with Crippen LogP contribution in [0.1, 0.15) is 18.9 Å². The van der Waals surface area contributed by atoms with Gasteiger partial charge in [0.05, 0.1) is 14.2 Å². The average molecular weight is 270 g/mol. The van der Waals surface area contributed by atoms with Gasteiger partial charge >= 0.3 is 0 Å². The summed E-state index contributed by atoms with van der Waals surface area (Å²) in [5, 5.41) is 0. The zero-order valence-corrected chi connectivity index (χ0v) is 12.5. The Bertz CT molecular complexity index is 514. The summed E-state index contributed by atoms with van der Waals surface area (Å²) in [6.45, 7) is 9.98. The number of hydrogen-bond donors (Lipinski definition) is 0.